The van der Waals surface area contributed by atoms with Crippen LogP contribution in [0.25, 0.3) is 0 Å². The van der Waals surface area contributed by atoms with Gasteiger partial charge in [0.05, 0.1) is 0 Å². The van der Waals surface area contributed by atoms with Crippen LogP contribution in [0.3, 0.4) is 0 Å². The third-order valence-electron chi connectivity index (χ3n) is 2.06. The van der Waals surface area contributed by atoms with Gasteiger partial charge in [0.15, 0.2) is 0 Å². The Morgan fingerprint density at radius 3 is 2.77 bits per heavy atom. The summed E-state index contributed by atoms with van der Waals surface area (Å²) >= 11 is 3.41. The van der Waals surface area contributed by atoms with Crippen LogP contribution in [0.1, 0.15) is 17.5 Å². The van der Waals surface area contributed by atoms with Gasteiger partial charge in [-0.1, -0.05) is 40.2 Å². The average molecular weight is 242 g/mol. The van der Waals surface area contributed by atoms with Crippen molar-refractivity contribution in [2.45, 2.75) is 19.9 Å². The van der Waals surface area contributed by atoms with Crippen LogP contribution in [0.15, 0.2) is 24.3 Å². The van der Waals surface area contributed by atoms with Gasteiger partial charge >= 0.3 is 0 Å². The monoisotopic (exact) mass is 241 g/mol. The Balaban J connectivity index is 2.32. The summed E-state index contributed by atoms with van der Waals surface area (Å²) in [6, 6.07) is 8.50. The fraction of sp³-hybridized carbons (Fsp3) is 0.455. The number of alkyl halides is 1. The quantitative estimate of drug-likeness (QED) is 0.618. The molecule has 0 aliphatic heterocycles. The van der Waals surface area contributed by atoms with Crippen molar-refractivity contribution >= 4 is 15.9 Å². The van der Waals surface area contributed by atoms with Crippen molar-refractivity contribution in [2.75, 3.05) is 11.9 Å². The molecule has 0 aliphatic carbocycles. The molecule has 0 saturated carbocycles. The van der Waals surface area contributed by atoms with Gasteiger partial charge in [-0.3, -0.25) is 0 Å². The van der Waals surface area contributed by atoms with Crippen LogP contribution in [0.2, 0.25) is 0 Å². The minimum absolute atomic E-state index is 0.986. The van der Waals surface area contributed by atoms with E-state index in [0.717, 1.165) is 18.4 Å². The maximum atomic E-state index is 3.41. The third-order valence-corrected chi connectivity index (χ3v) is 2.62. The van der Waals surface area contributed by atoms with Crippen LogP contribution < -0.4 is 5.32 Å². The summed E-state index contributed by atoms with van der Waals surface area (Å²) in [5.74, 6) is 0. The van der Waals surface area contributed by atoms with Crippen molar-refractivity contribution < 1.29 is 0 Å². The van der Waals surface area contributed by atoms with E-state index >= 15 is 0 Å². The third kappa shape index (κ3) is 3.92. The molecular weight excluding hydrogens is 226 g/mol. The molecular formula is C11H16BrN. The molecule has 0 amide bonds. The topological polar surface area (TPSA) is 12.0 Å². The van der Waals surface area contributed by atoms with E-state index in [0.29, 0.717) is 0 Å². The van der Waals surface area contributed by atoms with Gasteiger partial charge in [-0.05, 0) is 31.0 Å². The molecule has 2 heteroatoms. The number of nitrogens with one attached hydrogen (secondary N) is 1. The van der Waals surface area contributed by atoms with Crippen molar-refractivity contribution in [3.05, 3.63) is 35.4 Å². The molecule has 0 radical (unpaired) electrons. The predicted octanol–water partition coefficient (Wildman–Crippen LogP) is 2.87. The fourth-order valence-electron chi connectivity index (χ4n) is 1.22. The van der Waals surface area contributed by atoms with E-state index in [4.69, 9.17) is 0 Å². The highest BCUT2D eigenvalue weighted by molar-refractivity contribution is 9.09. The number of rotatable bonds is 5. The molecule has 72 valence electrons. The zero-order chi connectivity index (χ0) is 9.52. The molecule has 0 aromatic heterocycles. The van der Waals surface area contributed by atoms with Gasteiger partial charge in [0.1, 0.15) is 0 Å². The summed E-state index contributed by atoms with van der Waals surface area (Å²) in [6.07, 6.45) is 1.19. The van der Waals surface area contributed by atoms with Gasteiger partial charge in [0.2, 0.25) is 0 Å². The molecule has 0 saturated heterocycles. The summed E-state index contributed by atoms with van der Waals surface area (Å²) in [4.78, 5) is 0. The number of aryl methyl sites for hydroxylation is 1. The van der Waals surface area contributed by atoms with E-state index in [2.05, 4.69) is 52.4 Å². The molecule has 0 unspecified atom stereocenters. The van der Waals surface area contributed by atoms with Gasteiger partial charge in [0, 0.05) is 11.9 Å². The lowest BCUT2D eigenvalue weighted by Gasteiger charge is -2.06. The van der Waals surface area contributed by atoms with Crippen molar-refractivity contribution in [2.24, 2.45) is 0 Å². The second-order valence-electron chi connectivity index (χ2n) is 3.15. The molecule has 1 N–H and O–H groups in total. The largest absolute Gasteiger partial charge is 0.313 e. The number of halogens is 1. The molecule has 0 bridgehead atoms. The second-order valence-corrected chi connectivity index (χ2v) is 3.94. The molecule has 1 aromatic carbocycles. The lowest BCUT2D eigenvalue weighted by molar-refractivity contribution is 0.678. The molecule has 0 heterocycles. The number of benzene rings is 1. The maximum absolute atomic E-state index is 3.41. The van der Waals surface area contributed by atoms with Gasteiger partial charge < -0.3 is 5.32 Å². The standard InChI is InChI=1S/C11H16BrN/c1-10-5-2-3-6-11(10)9-13-8-4-7-12/h2-3,5-6,13H,4,7-9H2,1H3. The van der Waals surface area contributed by atoms with Crippen LogP contribution in [0.5, 0.6) is 0 Å². The normalized spacial score (nSPS) is 10.3. The van der Waals surface area contributed by atoms with Crippen molar-refractivity contribution in [3.63, 3.8) is 0 Å². The van der Waals surface area contributed by atoms with Gasteiger partial charge in [-0.15, -0.1) is 0 Å². The van der Waals surface area contributed by atoms with E-state index < -0.39 is 0 Å². The Kier molecular flexibility index (Phi) is 5.09. The first kappa shape index (κ1) is 10.7. The highest BCUT2D eigenvalue weighted by Gasteiger charge is 1.94. The average Bonchev–Trinajstić information content (AvgIpc) is 2.15. The summed E-state index contributed by atoms with van der Waals surface area (Å²) in [7, 11) is 0. The first-order valence-electron chi connectivity index (χ1n) is 4.66. The second kappa shape index (κ2) is 6.17. The summed E-state index contributed by atoms with van der Waals surface area (Å²) in [6.45, 7) is 4.22. The highest BCUT2D eigenvalue weighted by Crippen LogP contribution is 2.05. The Bertz CT molecular complexity index is 248. The molecule has 1 aromatic rings. The summed E-state index contributed by atoms with van der Waals surface area (Å²) in [5.41, 5.74) is 2.77. The minimum atomic E-state index is 0.986. The zero-order valence-corrected chi connectivity index (χ0v) is 9.60. The first-order valence-corrected chi connectivity index (χ1v) is 5.78. The molecule has 13 heavy (non-hydrogen) atoms. The van der Waals surface area contributed by atoms with E-state index in [1.807, 2.05) is 0 Å². The number of hydrogen-bond donors (Lipinski definition) is 1. The van der Waals surface area contributed by atoms with Gasteiger partial charge in [-0.2, -0.15) is 0 Å². The van der Waals surface area contributed by atoms with Crippen molar-refractivity contribution in [3.8, 4) is 0 Å². The molecule has 1 rings (SSSR count). The van der Waals surface area contributed by atoms with E-state index in [-0.39, 0.29) is 0 Å². The van der Waals surface area contributed by atoms with Crippen LogP contribution in [-0.2, 0) is 6.54 Å². The van der Waals surface area contributed by atoms with Gasteiger partial charge in [-0.25, -0.2) is 0 Å². The smallest absolute Gasteiger partial charge is 0.0208 e. The number of hydrogen-bond acceptors (Lipinski definition) is 1. The van der Waals surface area contributed by atoms with Crippen LogP contribution in [0.4, 0.5) is 0 Å². The van der Waals surface area contributed by atoms with Gasteiger partial charge in [0.25, 0.3) is 0 Å². The minimum Gasteiger partial charge on any atom is -0.313 e. The Labute approximate surface area is 88.7 Å². The molecule has 0 aliphatic rings. The van der Waals surface area contributed by atoms with E-state index in [1.54, 1.807) is 0 Å². The zero-order valence-electron chi connectivity index (χ0n) is 8.02. The predicted molar refractivity (Wildman–Crippen MR) is 61.3 cm³/mol. The van der Waals surface area contributed by atoms with Crippen LogP contribution >= 0.6 is 15.9 Å². The van der Waals surface area contributed by atoms with Crippen molar-refractivity contribution in [1.82, 2.24) is 5.32 Å². The van der Waals surface area contributed by atoms with Crippen LogP contribution in [-0.4, -0.2) is 11.9 Å². The summed E-state index contributed by atoms with van der Waals surface area (Å²) in [5, 5.41) is 4.49. The highest BCUT2D eigenvalue weighted by atomic mass is 79.9. The first-order chi connectivity index (χ1) is 6.34. The lowest BCUT2D eigenvalue weighted by atomic mass is 10.1. The van der Waals surface area contributed by atoms with E-state index in [9.17, 15) is 0 Å². The maximum Gasteiger partial charge on any atom is 0.0208 e. The fourth-order valence-corrected chi connectivity index (χ4v) is 1.50. The molecule has 0 atom stereocenters. The Morgan fingerprint density at radius 1 is 1.31 bits per heavy atom. The van der Waals surface area contributed by atoms with Crippen molar-refractivity contribution in [1.29, 1.82) is 0 Å². The lowest BCUT2D eigenvalue weighted by Crippen LogP contribution is -2.15. The molecule has 1 nitrogen and oxygen atoms in total. The Hall–Kier alpha value is -0.340. The summed E-state index contributed by atoms with van der Waals surface area (Å²) < 4.78 is 0. The van der Waals surface area contributed by atoms with E-state index in [1.165, 1.54) is 17.5 Å². The Morgan fingerprint density at radius 2 is 2.08 bits per heavy atom. The van der Waals surface area contributed by atoms with Crippen LogP contribution in [0, 0.1) is 6.92 Å². The molecule has 0 spiro atoms. The molecule has 0 fully saturated rings. The SMILES string of the molecule is Cc1ccccc1CNCCCBr.